The molecule has 1 amide bonds. The molecule has 11 heteroatoms. The molecule has 210 valence electrons. The van der Waals surface area contributed by atoms with Crippen LogP contribution in [0, 0.1) is 0 Å². The van der Waals surface area contributed by atoms with Crippen LogP contribution in [0.25, 0.3) is 27.4 Å². The Labute approximate surface area is 235 Å². The maximum Gasteiger partial charge on any atom is 0.453 e. The fourth-order valence-corrected chi connectivity index (χ4v) is 4.39. The summed E-state index contributed by atoms with van der Waals surface area (Å²) in [5.41, 5.74) is -0.182. The van der Waals surface area contributed by atoms with Gasteiger partial charge < -0.3 is 19.2 Å². The van der Waals surface area contributed by atoms with Gasteiger partial charge in [0.15, 0.2) is 12.4 Å². The van der Waals surface area contributed by atoms with E-state index in [1.165, 1.54) is 29.2 Å². The van der Waals surface area contributed by atoms with Crippen molar-refractivity contribution in [1.82, 2.24) is 9.78 Å². The Morgan fingerprint density at radius 1 is 0.905 bits per heavy atom. The number of benzene rings is 4. The van der Waals surface area contributed by atoms with Gasteiger partial charge in [0, 0.05) is 17.1 Å². The van der Waals surface area contributed by atoms with E-state index < -0.39 is 35.6 Å². The van der Waals surface area contributed by atoms with Gasteiger partial charge in [-0.3, -0.25) is 9.59 Å². The van der Waals surface area contributed by atoms with Crippen LogP contribution in [0.15, 0.2) is 113 Å². The van der Waals surface area contributed by atoms with Gasteiger partial charge >= 0.3 is 6.18 Å². The van der Waals surface area contributed by atoms with Gasteiger partial charge in [0.1, 0.15) is 11.3 Å². The SMILES string of the molecule is O=C(COc1ccc2c(=O)c(Oc3cnn(-c4ccccc4)c3)c(C(F)(F)F)oc2c1)Nc1cccc2ccccc12. The van der Waals surface area contributed by atoms with Crippen LogP contribution in [0.4, 0.5) is 18.9 Å². The zero-order chi connectivity index (χ0) is 29.3. The third kappa shape index (κ3) is 5.39. The van der Waals surface area contributed by atoms with Crippen molar-refractivity contribution in [3.8, 4) is 22.9 Å². The lowest BCUT2D eigenvalue weighted by Crippen LogP contribution is -2.20. The van der Waals surface area contributed by atoms with Crippen LogP contribution in [0.5, 0.6) is 17.2 Å². The molecule has 0 fully saturated rings. The predicted molar refractivity (Wildman–Crippen MR) is 149 cm³/mol. The second kappa shape index (κ2) is 10.8. The second-order valence-electron chi connectivity index (χ2n) is 9.17. The maximum absolute atomic E-state index is 14.0. The van der Waals surface area contributed by atoms with Crippen LogP contribution in [0.3, 0.4) is 0 Å². The minimum atomic E-state index is -5.05. The Bertz CT molecular complexity index is 1980. The minimum absolute atomic E-state index is 0.0321. The average molecular weight is 572 g/mol. The van der Waals surface area contributed by atoms with E-state index in [1.54, 1.807) is 42.5 Å². The largest absolute Gasteiger partial charge is 0.484 e. The molecule has 6 rings (SSSR count). The summed E-state index contributed by atoms with van der Waals surface area (Å²) in [6.07, 6.45) is -2.51. The fourth-order valence-electron chi connectivity index (χ4n) is 4.39. The van der Waals surface area contributed by atoms with E-state index in [0.717, 1.165) is 16.8 Å². The molecule has 0 atom stereocenters. The number of rotatable bonds is 7. The van der Waals surface area contributed by atoms with E-state index in [1.807, 2.05) is 30.3 Å². The first-order valence-corrected chi connectivity index (χ1v) is 12.6. The smallest absolute Gasteiger partial charge is 0.453 e. The number of alkyl halides is 3. The van der Waals surface area contributed by atoms with E-state index in [0.29, 0.717) is 11.4 Å². The summed E-state index contributed by atoms with van der Waals surface area (Å²) in [6.45, 7) is -0.433. The van der Waals surface area contributed by atoms with Gasteiger partial charge in [0.2, 0.25) is 11.2 Å². The molecule has 4 aromatic carbocycles. The first kappa shape index (κ1) is 26.6. The molecule has 6 aromatic rings. The zero-order valence-corrected chi connectivity index (χ0v) is 21.6. The van der Waals surface area contributed by atoms with Gasteiger partial charge in [-0.2, -0.15) is 18.3 Å². The van der Waals surface area contributed by atoms with Gasteiger partial charge in [0.25, 0.3) is 11.7 Å². The summed E-state index contributed by atoms with van der Waals surface area (Å²) in [5, 5.41) is 8.46. The van der Waals surface area contributed by atoms with E-state index in [4.69, 9.17) is 13.9 Å². The number of hydrogen-bond donors (Lipinski definition) is 1. The summed E-state index contributed by atoms with van der Waals surface area (Å²) in [5.74, 6) is -3.18. The average Bonchev–Trinajstić information content (AvgIpc) is 3.46. The molecule has 0 saturated heterocycles. The molecule has 0 aliphatic heterocycles. The third-order valence-electron chi connectivity index (χ3n) is 6.31. The Morgan fingerprint density at radius 3 is 2.48 bits per heavy atom. The number of carbonyl (C=O) groups excluding carboxylic acids is 1. The van der Waals surface area contributed by atoms with E-state index in [-0.39, 0.29) is 22.5 Å². The van der Waals surface area contributed by atoms with Crippen molar-refractivity contribution < 1.29 is 31.9 Å². The van der Waals surface area contributed by atoms with Crippen LogP contribution in [0.2, 0.25) is 0 Å². The lowest BCUT2D eigenvalue weighted by molar-refractivity contribution is -0.154. The summed E-state index contributed by atoms with van der Waals surface area (Å²) in [7, 11) is 0. The first-order valence-electron chi connectivity index (χ1n) is 12.6. The van der Waals surface area contributed by atoms with Crippen molar-refractivity contribution >= 4 is 33.3 Å². The molecule has 0 saturated carbocycles. The highest BCUT2D eigenvalue weighted by Gasteiger charge is 2.40. The van der Waals surface area contributed by atoms with Crippen molar-refractivity contribution in [1.29, 1.82) is 0 Å². The quantitative estimate of drug-likeness (QED) is 0.223. The van der Waals surface area contributed by atoms with Gasteiger partial charge in [-0.05, 0) is 35.7 Å². The number of nitrogens with one attached hydrogen (secondary N) is 1. The van der Waals surface area contributed by atoms with Gasteiger partial charge in [0.05, 0.1) is 23.5 Å². The Balaban J connectivity index is 1.24. The molecule has 1 N–H and O–H groups in total. The molecule has 0 unspecified atom stereocenters. The Kier molecular flexibility index (Phi) is 6.83. The highest BCUT2D eigenvalue weighted by Crippen LogP contribution is 2.38. The summed E-state index contributed by atoms with van der Waals surface area (Å²) >= 11 is 0. The van der Waals surface area contributed by atoms with Crippen molar-refractivity contribution in [2.45, 2.75) is 6.18 Å². The Morgan fingerprint density at radius 2 is 1.67 bits per heavy atom. The molecular weight excluding hydrogens is 551 g/mol. The monoisotopic (exact) mass is 571 g/mol. The molecule has 2 heterocycles. The molecule has 0 spiro atoms. The molecule has 0 aliphatic rings. The van der Waals surface area contributed by atoms with Gasteiger partial charge in [-0.25, -0.2) is 4.68 Å². The summed E-state index contributed by atoms with van der Waals surface area (Å²) in [6, 6.07) is 25.5. The number of fused-ring (bicyclic) bond motifs is 2. The standard InChI is InChI=1S/C31H20F3N3O5/c32-31(33,34)30-29(41-22-16-35-37(17-22)20-9-2-1-3-10-20)28(39)24-14-13-21(15-26(24)42-30)40-18-27(38)36-25-12-6-8-19-7-4-5-11-23(19)25/h1-17H,18H2,(H,36,38). The molecule has 2 aromatic heterocycles. The number of carbonyl (C=O) groups is 1. The Hall–Kier alpha value is -5.58. The van der Waals surface area contributed by atoms with Crippen molar-refractivity contribution in [2.24, 2.45) is 0 Å². The van der Waals surface area contributed by atoms with Crippen LogP contribution >= 0.6 is 0 Å². The number of aromatic nitrogens is 2. The van der Waals surface area contributed by atoms with E-state index in [2.05, 4.69) is 10.4 Å². The highest BCUT2D eigenvalue weighted by molar-refractivity contribution is 6.02. The van der Waals surface area contributed by atoms with Crippen molar-refractivity contribution in [2.75, 3.05) is 11.9 Å². The van der Waals surface area contributed by atoms with Crippen LogP contribution < -0.4 is 20.2 Å². The van der Waals surface area contributed by atoms with Crippen molar-refractivity contribution in [3.05, 3.63) is 119 Å². The summed E-state index contributed by atoms with van der Waals surface area (Å²) < 4.78 is 59.4. The number of amides is 1. The molecule has 0 radical (unpaired) electrons. The number of hydrogen-bond acceptors (Lipinski definition) is 6. The van der Waals surface area contributed by atoms with E-state index >= 15 is 0 Å². The van der Waals surface area contributed by atoms with E-state index in [9.17, 15) is 22.8 Å². The van der Waals surface area contributed by atoms with Crippen LogP contribution in [0.1, 0.15) is 5.76 Å². The van der Waals surface area contributed by atoms with Gasteiger partial charge in [-0.1, -0.05) is 54.6 Å². The number of anilines is 1. The maximum atomic E-state index is 14.0. The first-order chi connectivity index (χ1) is 20.3. The number of para-hydroxylation sites is 1. The normalized spacial score (nSPS) is 11.5. The molecule has 42 heavy (non-hydrogen) atoms. The molecular formula is C31H20F3N3O5. The topological polar surface area (TPSA) is 95.6 Å². The highest BCUT2D eigenvalue weighted by atomic mass is 19.4. The predicted octanol–water partition coefficient (Wildman–Crippen LogP) is 6.96. The lowest BCUT2D eigenvalue weighted by Gasteiger charge is -2.13. The number of halogens is 3. The lowest BCUT2D eigenvalue weighted by atomic mass is 10.1. The molecule has 0 aliphatic carbocycles. The molecule has 8 nitrogen and oxygen atoms in total. The van der Waals surface area contributed by atoms with Crippen molar-refractivity contribution in [3.63, 3.8) is 0 Å². The fraction of sp³-hybridized carbons (Fsp3) is 0.0645. The third-order valence-corrected chi connectivity index (χ3v) is 6.31. The summed E-state index contributed by atoms with van der Waals surface area (Å²) in [4.78, 5) is 25.7. The van der Waals surface area contributed by atoms with Crippen LogP contribution in [-0.4, -0.2) is 22.3 Å². The number of ether oxygens (including phenoxy) is 2. The molecule has 0 bridgehead atoms. The zero-order valence-electron chi connectivity index (χ0n) is 21.6. The number of nitrogens with zero attached hydrogens (tertiary/aromatic N) is 2. The second-order valence-corrected chi connectivity index (χ2v) is 9.17. The van der Waals surface area contributed by atoms with Gasteiger partial charge in [-0.15, -0.1) is 0 Å². The van der Waals surface area contributed by atoms with Crippen LogP contribution in [-0.2, 0) is 11.0 Å². The minimum Gasteiger partial charge on any atom is -0.484 e.